The second-order valence-electron chi connectivity index (χ2n) is 8.90. The van der Waals surface area contributed by atoms with Crippen LogP contribution in [-0.4, -0.2) is 64.6 Å². The first-order valence-electron chi connectivity index (χ1n) is 10.4. The van der Waals surface area contributed by atoms with Crippen LogP contribution >= 0.6 is 11.3 Å². The standard InChI is InChI=1S/C21H35N3O2S/c1-5-12-23(4)15-21(26)8-6-20(7-9-21)10-13-24(14-11-20)19(25)18-16(2)22-17(3)27-18/h26H,5-15H2,1-4H3. The van der Waals surface area contributed by atoms with E-state index in [2.05, 4.69) is 23.9 Å². The molecule has 2 aliphatic rings. The third-order valence-corrected chi connectivity index (χ3v) is 7.68. The van der Waals surface area contributed by atoms with E-state index < -0.39 is 5.60 Å². The smallest absolute Gasteiger partial charge is 0.265 e. The molecule has 1 N–H and O–H groups in total. The van der Waals surface area contributed by atoms with Crippen LogP contribution in [0.5, 0.6) is 0 Å². The van der Waals surface area contributed by atoms with Gasteiger partial charge in [0, 0.05) is 19.6 Å². The molecule has 1 amide bonds. The molecule has 1 aromatic rings. The number of rotatable bonds is 5. The number of carbonyl (C=O) groups is 1. The molecular formula is C21H35N3O2S. The molecule has 0 bridgehead atoms. The van der Waals surface area contributed by atoms with E-state index in [1.807, 2.05) is 18.7 Å². The first-order valence-corrected chi connectivity index (χ1v) is 11.2. The molecule has 0 radical (unpaired) electrons. The van der Waals surface area contributed by atoms with E-state index in [1.54, 1.807) is 0 Å². The lowest BCUT2D eigenvalue weighted by molar-refractivity contribution is -0.0643. The van der Waals surface area contributed by atoms with Gasteiger partial charge in [0.25, 0.3) is 5.91 Å². The second-order valence-corrected chi connectivity index (χ2v) is 10.1. The van der Waals surface area contributed by atoms with E-state index >= 15 is 0 Å². The number of aryl methyl sites for hydroxylation is 2. The maximum absolute atomic E-state index is 12.8. The van der Waals surface area contributed by atoms with Crippen LogP contribution in [0.25, 0.3) is 0 Å². The molecule has 152 valence electrons. The molecule has 1 aromatic heterocycles. The van der Waals surface area contributed by atoms with Gasteiger partial charge in [0.15, 0.2) is 0 Å². The Hall–Kier alpha value is -0.980. The van der Waals surface area contributed by atoms with Crippen molar-refractivity contribution in [3.63, 3.8) is 0 Å². The van der Waals surface area contributed by atoms with Gasteiger partial charge >= 0.3 is 0 Å². The minimum Gasteiger partial charge on any atom is -0.389 e. The monoisotopic (exact) mass is 393 g/mol. The number of hydrogen-bond acceptors (Lipinski definition) is 5. The molecule has 27 heavy (non-hydrogen) atoms. The molecule has 2 fully saturated rings. The Morgan fingerprint density at radius 3 is 2.33 bits per heavy atom. The van der Waals surface area contributed by atoms with E-state index in [0.717, 1.165) is 86.7 Å². The SMILES string of the molecule is CCCN(C)CC1(O)CCC2(CCN(C(=O)c3sc(C)nc3C)CC2)CC1. The number of aliphatic hydroxyl groups is 1. The Kier molecular flexibility index (Phi) is 6.28. The fourth-order valence-electron chi connectivity index (χ4n) is 4.92. The van der Waals surface area contributed by atoms with Gasteiger partial charge in [-0.15, -0.1) is 11.3 Å². The van der Waals surface area contributed by atoms with Crippen molar-refractivity contribution in [1.29, 1.82) is 0 Å². The minimum absolute atomic E-state index is 0.154. The molecule has 0 atom stereocenters. The quantitative estimate of drug-likeness (QED) is 0.830. The van der Waals surface area contributed by atoms with Gasteiger partial charge in [-0.1, -0.05) is 6.92 Å². The van der Waals surface area contributed by atoms with Crippen LogP contribution in [0.15, 0.2) is 0 Å². The summed E-state index contributed by atoms with van der Waals surface area (Å²) >= 11 is 1.51. The topological polar surface area (TPSA) is 56.7 Å². The molecule has 1 aliphatic carbocycles. The Balaban J connectivity index is 1.53. The van der Waals surface area contributed by atoms with E-state index in [9.17, 15) is 9.90 Å². The third-order valence-electron chi connectivity index (χ3n) is 6.62. The summed E-state index contributed by atoms with van der Waals surface area (Å²) in [6, 6.07) is 0. The van der Waals surface area contributed by atoms with Gasteiger partial charge in [-0.05, 0) is 77.8 Å². The Labute approximate surface area is 167 Å². The van der Waals surface area contributed by atoms with Gasteiger partial charge < -0.3 is 14.9 Å². The van der Waals surface area contributed by atoms with Crippen LogP contribution in [-0.2, 0) is 0 Å². The third kappa shape index (κ3) is 4.72. The predicted octanol–water partition coefficient (Wildman–Crippen LogP) is 3.63. The van der Waals surface area contributed by atoms with Gasteiger partial charge in [0.1, 0.15) is 4.88 Å². The highest BCUT2D eigenvalue weighted by Gasteiger charge is 2.44. The average molecular weight is 394 g/mol. The highest BCUT2D eigenvalue weighted by atomic mass is 32.1. The Bertz CT molecular complexity index is 654. The maximum atomic E-state index is 12.8. The van der Waals surface area contributed by atoms with Crippen LogP contribution in [0.3, 0.4) is 0 Å². The fourth-order valence-corrected chi connectivity index (χ4v) is 5.81. The molecule has 1 saturated carbocycles. The van der Waals surface area contributed by atoms with Gasteiger partial charge in [-0.25, -0.2) is 4.98 Å². The van der Waals surface area contributed by atoms with Crippen molar-refractivity contribution >= 4 is 17.2 Å². The highest BCUT2D eigenvalue weighted by Crippen LogP contribution is 2.48. The molecular weight excluding hydrogens is 358 g/mol. The largest absolute Gasteiger partial charge is 0.389 e. The van der Waals surface area contributed by atoms with Gasteiger partial charge in [-0.2, -0.15) is 0 Å². The molecule has 5 nitrogen and oxygen atoms in total. The van der Waals surface area contributed by atoms with Crippen molar-refractivity contribution in [1.82, 2.24) is 14.8 Å². The summed E-state index contributed by atoms with van der Waals surface area (Å²) in [6.45, 7) is 9.57. The van der Waals surface area contributed by atoms with Crippen molar-refractivity contribution < 1.29 is 9.90 Å². The maximum Gasteiger partial charge on any atom is 0.265 e. The Morgan fingerprint density at radius 2 is 1.81 bits per heavy atom. The summed E-state index contributed by atoms with van der Waals surface area (Å²) in [6.07, 6.45) is 7.21. The number of aromatic nitrogens is 1. The van der Waals surface area contributed by atoms with Crippen LogP contribution < -0.4 is 0 Å². The predicted molar refractivity (Wildman–Crippen MR) is 110 cm³/mol. The molecule has 1 saturated heterocycles. The second kappa shape index (κ2) is 8.18. The van der Waals surface area contributed by atoms with E-state index in [1.165, 1.54) is 11.3 Å². The number of amides is 1. The zero-order valence-electron chi connectivity index (χ0n) is 17.4. The zero-order valence-corrected chi connectivity index (χ0v) is 18.2. The molecule has 2 heterocycles. The van der Waals surface area contributed by atoms with E-state index in [-0.39, 0.29) is 5.91 Å². The number of hydrogen-bond donors (Lipinski definition) is 1. The number of thiazole rings is 1. The average Bonchev–Trinajstić information content (AvgIpc) is 2.96. The number of carbonyl (C=O) groups excluding carboxylic acids is 1. The lowest BCUT2D eigenvalue weighted by atomic mass is 9.64. The first kappa shape index (κ1) is 20.7. The van der Waals surface area contributed by atoms with Crippen LogP contribution in [0.1, 0.15) is 72.2 Å². The van der Waals surface area contributed by atoms with Crippen molar-refractivity contribution in [3.8, 4) is 0 Å². The minimum atomic E-state index is -0.528. The molecule has 6 heteroatoms. The number of piperidine rings is 1. The molecule has 1 aliphatic heterocycles. The lowest BCUT2D eigenvalue weighted by Gasteiger charge is -2.49. The first-order chi connectivity index (χ1) is 12.8. The van der Waals surface area contributed by atoms with Gasteiger partial charge in [-0.3, -0.25) is 4.79 Å². The van der Waals surface area contributed by atoms with Crippen LogP contribution in [0.2, 0.25) is 0 Å². The number of likely N-dealkylation sites (tertiary alicyclic amines) is 1. The summed E-state index contributed by atoms with van der Waals surface area (Å²) < 4.78 is 0. The van der Waals surface area contributed by atoms with Crippen molar-refractivity contribution in [2.45, 2.75) is 71.3 Å². The van der Waals surface area contributed by atoms with E-state index in [4.69, 9.17) is 0 Å². The lowest BCUT2D eigenvalue weighted by Crippen LogP contribution is -2.50. The molecule has 3 rings (SSSR count). The number of likely N-dealkylation sites (N-methyl/N-ethyl adjacent to an activating group) is 1. The normalized spacial score (nSPS) is 21.8. The molecule has 0 aromatic carbocycles. The van der Waals surface area contributed by atoms with Crippen molar-refractivity contribution in [3.05, 3.63) is 15.6 Å². The molecule has 1 spiro atoms. The van der Waals surface area contributed by atoms with Crippen LogP contribution in [0.4, 0.5) is 0 Å². The van der Waals surface area contributed by atoms with E-state index in [0.29, 0.717) is 5.41 Å². The van der Waals surface area contributed by atoms with Gasteiger partial charge in [0.2, 0.25) is 0 Å². The molecule has 0 unspecified atom stereocenters. The van der Waals surface area contributed by atoms with Crippen LogP contribution in [0, 0.1) is 19.3 Å². The summed E-state index contributed by atoms with van der Waals surface area (Å²) in [5.74, 6) is 0.154. The fraction of sp³-hybridized carbons (Fsp3) is 0.810. The number of nitrogens with zero attached hydrogens (tertiary/aromatic N) is 3. The summed E-state index contributed by atoms with van der Waals surface area (Å²) in [5.41, 5.74) is 0.659. The van der Waals surface area contributed by atoms with Crippen molar-refractivity contribution in [2.75, 3.05) is 33.2 Å². The van der Waals surface area contributed by atoms with Gasteiger partial charge in [0.05, 0.1) is 16.3 Å². The summed E-state index contributed by atoms with van der Waals surface area (Å²) in [7, 11) is 2.11. The summed E-state index contributed by atoms with van der Waals surface area (Å²) in [5, 5.41) is 12.0. The van der Waals surface area contributed by atoms with Crippen molar-refractivity contribution in [2.24, 2.45) is 5.41 Å². The zero-order chi connectivity index (χ0) is 19.7. The Morgan fingerprint density at radius 1 is 1.19 bits per heavy atom. The summed E-state index contributed by atoms with van der Waals surface area (Å²) in [4.78, 5) is 22.3. The highest BCUT2D eigenvalue weighted by molar-refractivity contribution is 7.13.